The van der Waals surface area contributed by atoms with Crippen molar-refractivity contribution < 1.29 is 19.8 Å². The summed E-state index contributed by atoms with van der Waals surface area (Å²) in [5.41, 5.74) is -0.0372. The lowest BCUT2D eigenvalue weighted by atomic mass is 10.1. The van der Waals surface area contributed by atoms with Crippen molar-refractivity contribution >= 4 is 11.9 Å². The number of nitrogens with zero attached hydrogens (tertiary/aromatic N) is 1. The normalized spacial score (nSPS) is 14.5. The van der Waals surface area contributed by atoms with Gasteiger partial charge >= 0.3 is 11.9 Å². The summed E-state index contributed by atoms with van der Waals surface area (Å²) in [6.45, 7) is 6.37. The number of hydrogen-bond acceptors (Lipinski definition) is 3. The number of rotatable bonds is 7. The Balaban J connectivity index is 0.000000240. The van der Waals surface area contributed by atoms with Gasteiger partial charge in [-0.25, -0.2) is 9.59 Å². The first-order valence-electron chi connectivity index (χ1n) is 8.83. The molecule has 0 amide bonds. The van der Waals surface area contributed by atoms with Crippen LogP contribution in [0.25, 0.3) is 0 Å². The highest BCUT2D eigenvalue weighted by atomic mass is 16.4. The first-order chi connectivity index (χ1) is 11.5. The molecule has 134 valence electrons. The van der Waals surface area contributed by atoms with Crippen molar-refractivity contribution in [3.05, 3.63) is 35.4 Å². The molecule has 2 N–H and O–H groups in total. The van der Waals surface area contributed by atoms with Crippen LogP contribution in [-0.2, 0) is 0 Å². The molecule has 24 heavy (non-hydrogen) atoms. The van der Waals surface area contributed by atoms with Gasteiger partial charge in [0, 0.05) is 0 Å². The number of aromatic carboxylic acids is 2. The van der Waals surface area contributed by atoms with Gasteiger partial charge in [0.05, 0.1) is 11.1 Å². The summed E-state index contributed by atoms with van der Waals surface area (Å²) in [7, 11) is 0. The second-order valence-corrected chi connectivity index (χ2v) is 6.15. The molecule has 1 saturated heterocycles. The summed E-state index contributed by atoms with van der Waals surface area (Å²) in [6, 6.07) is 5.20. The molecule has 0 saturated carbocycles. The number of carbonyl (C=O) groups is 2. The molecule has 0 radical (unpaired) electrons. The van der Waals surface area contributed by atoms with E-state index in [1.54, 1.807) is 0 Å². The standard InChI is InChI=1S/C11H23N.C8H6O4/c1-2-3-4-6-9-12-10-7-5-8-11-12;9-7(10)5-2-1-3-6(4-5)8(11)12/h2-11H2,1H3;1-4H,(H,9,10)(H,11,12). The first kappa shape index (κ1) is 20.2. The minimum absolute atomic E-state index is 0.0186. The van der Waals surface area contributed by atoms with Crippen molar-refractivity contribution in [1.82, 2.24) is 4.90 Å². The third-order valence-electron chi connectivity index (χ3n) is 4.13. The van der Waals surface area contributed by atoms with E-state index in [2.05, 4.69) is 11.8 Å². The van der Waals surface area contributed by atoms with E-state index in [0.29, 0.717) is 0 Å². The Morgan fingerprint density at radius 1 is 0.958 bits per heavy atom. The Hall–Kier alpha value is -1.88. The van der Waals surface area contributed by atoms with Crippen molar-refractivity contribution in [3.63, 3.8) is 0 Å². The maximum Gasteiger partial charge on any atom is 0.335 e. The Morgan fingerprint density at radius 3 is 2.04 bits per heavy atom. The maximum absolute atomic E-state index is 10.4. The van der Waals surface area contributed by atoms with Crippen molar-refractivity contribution in [1.29, 1.82) is 0 Å². The molecule has 0 aliphatic carbocycles. The number of piperidine rings is 1. The lowest BCUT2D eigenvalue weighted by molar-refractivity contribution is 0.0696. The van der Waals surface area contributed by atoms with Gasteiger partial charge in [-0.15, -0.1) is 0 Å². The Kier molecular flexibility index (Phi) is 9.77. The monoisotopic (exact) mass is 335 g/mol. The molecule has 2 rings (SSSR count). The summed E-state index contributed by atoms with van der Waals surface area (Å²) in [5, 5.41) is 17.0. The average Bonchev–Trinajstić information content (AvgIpc) is 2.60. The molecule has 1 heterocycles. The van der Waals surface area contributed by atoms with Crippen LogP contribution >= 0.6 is 0 Å². The summed E-state index contributed by atoms with van der Waals surface area (Å²) in [6.07, 6.45) is 9.99. The minimum Gasteiger partial charge on any atom is -0.478 e. The number of carboxylic acids is 2. The van der Waals surface area contributed by atoms with Crippen LogP contribution < -0.4 is 0 Å². The fourth-order valence-corrected chi connectivity index (χ4v) is 2.73. The van der Waals surface area contributed by atoms with Crippen LogP contribution in [0.3, 0.4) is 0 Å². The van der Waals surface area contributed by atoms with E-state index in [0.717, 1.165) is 6.07 Å². The molecule has 5 nitrogen and oxygen atoms in total. The highest BCUT2D eigenvalue weighted by Crippen LogP contribution is 2.10. The van der Waals surface area contributed by atoms with Crippen LogP contribution in [0.4, 0.5) is 0 Å². The van der Waals surface area contributed by atoms with Gasteiger partial charge in [-0.05, 0) is 57.1 Å². The van der Waals surface area contributed by atoms with Crippen molar-refractivity contribution in [2.45, 2.75) is 51.9 Å². The van der Waals surface area contributed by atoms with Crippen molar-refractivity contribution in [2.75, 3.05) is 19.6 Å². The van der Waals surface area contributed by atoms with E-state index < -0.39 is 11.9 Å². The number of benzene rings is 1. The second-order valence-electron chi connectivity index (χ2n) is 6.15. The molecule has 1 aliphatic rings. The highest BCUT2D eigenvalue weighted by molar-refractivity contribution is 5.93. The third kappa shape index (κ3) is 8.11. The van der Waals surface area contributed by atoms with E-state index in [9.17, 15) is 9.59 Å². The van der Waals surface area contributed by atoms with Gasteiger partial charge in [0.1, 0.15) is 0 Å². The molecule has 1 aromatic rings. The first-order valence-corrected chi connectivity index (χ1v) is 8.83. The molecule has 0 spiro atoms. The van der Waals surface area contributed by atoms with Crippen LogP contribution in [0.1, 0.15) is 72.6 Å². The number of unbranched alkanes of at least 4 members (excludes halogenated alkanes) is 3. The predicted molar refractivity (Wildman–Crippen MR) is 94.8 cm³/mol. The van der Waals surface area contributed by atoms with E-state index in [4.69, 9.17) is 10.2 Å². The molecule has 0 aromatic heterocycles. The molecule has 0 unspecified atom stereocenters. The smallest absolute Gasteiger partial charge is 0.335 e. The molecule has 0 atom stereocenters. The minimum atomic E-state index is -1.13. The molecule has 1 aromatic carbocycles. The Bertz CT molecular complexity index is 481. The summed E-state index contributed by atoms with van der Waals surface area (Å²) >= 11 is 0. The fourth-order valence-electron chi connectivity index (χ4n) is 2.73. The van der Waals surface area contributed by atoms with Gasteiger partial charge in [0.15, 0.2) is 0 Å². The van der Waals surface area contributed by atoms with Gasteiger partial charge in [-0.1, -0.05) is 38.7 Å². The topological polar surface area (TPSA) is 77.8 Å². The van der Waals surface area contributed by atoms with Gasteiger partial charge in [-0.2, -0.15) is 0 Å². The lowest BCUT2D eigenvalue weighted by Gasteiger charge is -2.26. The number of likely N-dealkylation sites (tertiary alicyclic amines) is 1. The van der Waals surface area contributed by atoms with E-state index in [-0.39, 0.29) is 11.1 Å². The van der Waals surface area contributed by atoms with Crippen LogP contribution in [0.5, 0.6) is 0 Å². The average molecular weight is 335 g/mol. The highest BCUT2D eigenvalue weighted by Gasteiger charge is 2.08. The zero-order valence-electron chi connectivity index (χ0n) is 14.5. The van der Waals surface area contributed by atoms with E-state index >= 15 is 0 Å². The fraction of sp³-hybridized carbons (Fsp3) is 0.579. The van der Waals surface area contributed by atoms with Crippen molar-refractivity contribution in [3.8, 4) is 0 Å². The van der Waals surface area contributed by atoms with E-state index in [1.165, 1.54) is 82.8 Å². The molecule has 1 fully saturated rings. The molecule has 5 heteroatoms. The predicted octanol–water partition coefficient (Wildman–Crippen LogP) is 4.14. The van der Waals surface area contributed by atoms with Gasteiger partial charge in [0.2, 0.25) is 0 Å². The Labute approximate surface area is 144 Å². The molecular formula is C19H29NO4. The zero-order valence-corrected chi connectivity index (χ0v) is 14.5. The number of hydrogen-bond donors (Lipinski definition) is 2. The zero-order chi connectivity index (χ0) is 17.8. The maximum atomic E-state index is 10.4. The van der Waals surface area contributed by atoms with Crippen LogP contribution in [0.15, 0.2) is 24.3 Å². The SMILES string of the molecule is CCCCCCN1CCCCC1.O=C(O)c1cccc(C(=O)O)c1. The molecular weight excluding hydrogens is 306 g/mol. The van der Waals surface area contributed by atoms with Gasteiger partial charge in [-0.3, -0.25) is 0 Å². The largest absolute Gasteiger partial charge is 0.478 e. The summed E-state index contributed by atoms with van der Waals surface area (Å²) in [4.78, 5) is 23.4. The summed E-state index contributed by atoms with van der Waals surface area (Å²) < 4.78 is 0. The number of carboxylic acid groups (broad SMARTS) is 2. The van der Waals surface area contributed by atoms with Crippen LogP contribution in [0, 0.1) is 0 Å². The van der Waals surface area contributed by atoms with Crippen LogP contribution in [-0.4, -0.2) is 46.7 Å². The van der Waals surface area contributed by atoms with E-state index in [1.807, 2.05) is 0 Å². The lowest BCUT2D eigenvalue weighted by Crippen LogP contribution is -2.30. The molecule has 0 bridgehead atoms. The third-order valence-corrected chi connectivity index (χ3v) is 4.13. The van der Waals surface area contributed by atoms with Gasteiger partial charge < -0.3 is 15.1 Å². The quantitative estimate of drug-likeness (QED) is 0.732. The molecule has 1 aliphatic heterocycles. The van der Waals surface area contributed by atoms with Gasteiger partial charge in [0.25, 0.3) is 0 Å². The summed E-state index contributed by atoms with van der Waals surface area (Å²) in [5.74, 6) is -2.25. The second kappa shape index (κ2) is 11.6. The van der Waals surface area contributed by atoms with Crippen LogP contribution in [0.2, 0.25) is 0 Å². The Morgan fingerprint density at radius 2 is 1.54 bits per heavy atom. The van der Waals surface area contributed by atoms with Crippen molar-refractivity contribution in [2.24, 2.45) is 0 Å².